The van der Waals surface area contributed by atoms with E-state index in [-0.39, 0.29) is 0 Å². The van der Waals surface area contributed by atoms with Crippen molar-refractivity contribution in [2.24, 2.45) is 0 Å². The van der Waals surface area contributed by atoms with Crippen molar-refractivity contribution in [1.29, 1.82) is 0 Å². The standard InChI is InChI=1S/C21H23N5OS2/c1-5-16-14(4)11-17(29-16)20-24-22-18(27-20)12-28-21-25-23-19(26(21)6-2)15-10-8-7-9-13(15)3/h7-11H,5-6,12H2,1-4H3. The van der Waals surface area contributed by atoms with Crippen molar-refractivity contribution in [2.75, 3.05) is 0 Å². The Morgan fingerprint density at radius 2 is 1.86 bits per heavy atom. The largest absolute Gasteiger partial charge is 0.419 e. The summed E-state index contributed by atoms with van der Waals surface area (Å²) < 4.78 is 8.02. The van der Waals surface area contributed by atoms with Gasteiger partial charge in [-0.3, -0.25) is 0 Å². The van der Waals surface area contributed by atoms with Gasteiger partial charge in [0.15, 0.2) is 11.0 Å². The topological polar surface area (TPSA) is 69.6 Å². The average molecular weight is 426 g/mol. The van der Waals surface area contributed by atoms with Gasteiger partial charge in [0, 0.05) is 17.0 Å². The summed E-state index contributed by atoms with van der Waals surface area (Å²) in [7, 11) is 0. The Labute approximate surface area is 178 Å². The summed E-state index contributed by atoms with van der Waals surface area (Å²) in [4.78, 5) is 2.38. The molecule has 29 heavy (non-hydrogen) atoms. The van der Waals surface area contributed by atoms with Crippen LogP contribution in [-0.4, -0.2) is 25.0 Å². The lowest BCUT2D eigenvalue weighted by Crippen LogP contribution is -2.00. The average Bonchev–Trinajstić information content (AvgIpc) is 3.44. The van der Waals surface area contributed by atoms with Crippen molar-refractivity contribution in [1.82, 2.24) is 25.0 Å². The molecule has 150 valence electrons. The van der Waals surface area contributed by atoms with E-state index in [2.05, 4.69) is 70.9 Å². The molecular formula is C21H23N5OS2. The van der Waals surface area contributed by atoms with E-state index >= 15 is 0 Å². The third-order valence-electron chi connectivity index (χ3n) is 4.76. The highest BCUT2D eigenvalue weighted by Gasteiger charge is 2.17. The summed E-state index contributed by atoms with van der Waals surface area (Å²) in [6, 6.07) is 10.4. The van der Waals surface area contributed by atoms with E-state index in [0.29, 0.717) is 17.5 Å². The first-order valence-corrected chi connectivity index (χ1v) is 11.4. The molecule has 0 N–H and O–H groups in total. The Bertz CT molecular complexity index is 1130. The van der Waals surface area contributed by atoms with Crippen molar-refractivity contribution in [2.45, 2.75) is 51.6 Å². The molecule has 0 amide bonds. The molecule has 1 aromatic carbocycles. The van der Waals surface area contributed by atoms with Gasteiger partial charge in [0.25, 0.3) is 5.89 Å². The van der Waals surface area contributed by atoms with Crippen molar-refractivity contribution < 1.29 is 4.42 Å². The molecule has 3 aromatic heterocycles. The number of rotatable bonds is 7. The molecule has 0 atom stereocenters. The first-order chi connectivity index (χ1) is 14.1. The number of aryl methyl sites for hydroxylation is 3. The number of hydrogen-bond donors (Lipinski definition) is 0. The van der Waals surface area contributed by atoms with Crippen LogP contribution in [0.25, 0.3) is 22.2 Å². The molecule has 0 aliphatic rings. The van der Waals surface area contributed by atoms with Crippen LogP contribution < -0.4 is 0 Å². The number of benzene rings is 1. The van der Waals surface area contributed by atoms with E-state index in [4.69, 9.17) is 4.42 Å². The van der Waals surface area contributed by atoms with E-state index < -0.39 is 0 Å². The third-order valence-corrected chi connectivity index (χ3v) is 7.08. The van der Waals surface area contributed by atoms with Crippen LogP contribution in [0.4, 0.5) is 0 Å². The van der Waals surface area contributed by atoms with Crippen LogP contribution in [0.15, 0.2) is 39.9 Å². The molecular weight excluding hydrogens is 402 g/mol. The molecule has 0 saturated carbocycles. The second kappa shape index (κ2) is 8.51. The molecule has 6 nitrogen and oxygen atoms in total. The molecule has 8 heteroatoms. The highest BCUT2D eigenvalue weighted by Crippen LogP contribution is 2.32. The summed E-state index contributed by atoms with van der Waals surface area (Å²) in [5.41, 5.74) is 3.57. The van der Waals surface area contributed by atoms with Crippen LogP contribution in [0.3, 0.4) is 0 Å². The van der Waals surface area contributed by atoms with Gasteiger partial charge >= 0.3 is 0 Å². The first kappa shape index (κ1) is 19.8. The van der Waals surface area contributed by atoms with Gasteiger partial charge in [-0.05, 0) is 44.4 Å². The Morgan fingerprint density at radius 1 is 1.03 bits per heavy atom. The lowest BCUT2D eigenvalue weighted by atomic mass is 10.1. The van der Waals surface area contributed by atoms with Gasteiger partial charge in [0.05, 0.1) is 10.6 Å². The van der Waals surface area contributed by atoms with Crippen LogP contribution >= 0.6 is 23.1 Å². The Morgan fingerprint density at radius 3 is 2.59 bits per heavy atom. The van der Waals surface area contributed by atoms with E-state index in [1.165, 1.54) is 16.0 Å². The molecule has 0 radical (unpaired) electrons. The van der Waals surface area contributed by atoms with Gasteiger partial charge in [0.1, 0.15) is 0 Å². The lowest BCUT2D eigenvalue weighted by molar-refractivity contribution is 0.529. The lowest BCUT2D eigenvalue weighted by Gasteiger charge is -2.08. The van der Waals surface area contributed by atoms with Gasteiger partial charge in [-0.25, -0.2) is 0 Å². The first-order valence-electron chi connectivity index (χ1n) is 9.64. The maximum absolute atomic E-state index is 5.90. The fourth-order valence-corrected chi connectivity index (χ4v) is 5.09. The van der Waals surface area contributed by atoms with Crippen LogP contribution in [0.2, 0.25) is 0 Å². The quantitative estimate of drug-likeness (QED) is 0.362. The summed E-state index contributed by atoms with van der Waals surface area (Å²) >= 11 is 3.28. The molecule has 0 aliphatic heterocycles. The van der Waals surface area contributed by atoms with Gasteiger partial charge in [0.2, 0.25) is 5.89 Å². The second-order valence-electron chi connectivity index (χ2n) is 6.73. The summed E-state index contributed by atoms with van der Waals surface area (Å²) in [5, 5.41) is 18.1. The molecule has 0 bridgehead atoms. The van der Waals surface area contributed by atoms with Gasteiger partial charge in [-0.15, -0.1) is 31.7 Å². The van der Waals surface area contributed by atoms with Gasteiger partial charge in [-0.2, -0.15) is 0 Å². The Balaban J connectivity index is 1.51. The number of aromatic nitrogens is 5. The van der Waals surface area contributed by atoms with Crippen molar-refractivity contribution in [3.05, 3.63) is 52.2 Å². The molecule has 4 rings (SSSR count). The fourth-order valence-electron chi connectivity index (χ4n) is 3.22. The van der Waals surface area contributed by atoms with Crippen LogP contribution in [0.1, 0.15) is 35.7 Å². The number of thioether (sulfide) groups is 1. The second-order valence-corrected chi connectivity index (χ2v) is 8.80. The van der Waals surface area contributed by atoms with Crippen LogP contribution in [-0.2, 0) is 18.7 Å². The molecule has 0 saturated heterocycles. The highest BCUT2D eigenvalue weighted by atomic mass is 32.2. The SMILES string of the molecule is CCc1sc(-c2nnc(CSc3nnc(-c4ccccc4C)n3CC)o2)cc1C. The summed E-state index contributed by atoms with van der Waals surface area (Å²) in [5.74, 6) is 2.63. The Kier molecular flexibility index (Phi) is 5.82. The molecule has 0 unspecified atom stereocenters. The number of nitrogens with zero attached hydrogens (tertiary/aromatic N) is 5. The predicted molar refractivity (Wildman–Crippen MR) is 117 cm³/mol. The number of thiophene rings is 1. The fraction of sp³-hybridized carbons (Fsp3) is 0.333. The zero-order chi connectivity index (χ0) is 20.4. The van der Waals surface area contributed by atoms with Gasteiger partial charge in [-0.1, -0.05) is 43.0 Å². The number of hydrogen-bond acceptors (Lipinski definition) is 7. The molecule has 4 aromatic rings. The van der Waals surface area contributed by atoms with Crippen molar-refractivity contribution in [3.63, 3.8) is 0 Å². The molecule has 3 heterocycles. The van der Waals surface area contributed by atoms with Crippen molar-refractivity contribution >= 4 is 23.1 Å². The predicted octanol–water partition coefficient (Wildman–Crippen LogP) is 5.55. The molecule has 0 spiro atoms. The van der Waals surface area contributed by atoms with E-state index in [9.17, 15) is 0 Å². The van der Waals surface area contributed by atoms with Crippen LogP contribution in [0.5, 0.6) is 0 Å². The van der Waals surface area contributed by atoms with Crippen LogP contribution in [0, 0.1) is 13.8 Å². The van der Waals surface area contributed by atoms with E-state index in [1.54, 1.807) is 23.1 Å². The Hall–Kier alpha value is -2.45. The molecule has 0 aliphatic carbocycles. The molecule has 0 fully saturated rings. The summed E-state index contributed by atoms with van der Waals surface area (Å²) in [6.07, 6.45) is 1.02. The van der Waals surface area contributed by atoms with E-state index in [0.717, 1.165) is 34.4 Å². The zero-order valence-electron chi connectivity index (χ0n) is 17.0. The minimum Gasteiger partial charge on any atom is -0.419 e. The van der Waals surface area contributed by atoms with Gasteiger partial charge < -0.3 is 8.98 Å². The minimum absolute atomic E-state index is 0.559. The highest BCUT2D eigenvalue weighted by molar-refractivity contribution is 7.98. The third kappa shape index (κ3) is 4.00. The maximum atomic E-state index is 5.90. The zero-order valence-corrected chi connectivity index (χ0v) is 18.6. The normalized spacial score (nSPS) is 11.3. The maximum Gasteiger partial charge on any atom is 0.257 e. The van der Waals surface area contributed by atoms with Crippen molar-refractivity contribution in [3.8, 4) is 22.2 Å². The summed E-state index contributed by atoms with van der Waals surface area (Å²) in [6.45, 7) is 9.27. The minimum atomic E-state index is 0.559. The monoisotopic (exact) mass is 425 g/mol. The van der Waals surface area contributed by atoms with E-state index in [1.807, 2.05) is 12.1 Å². The smallest absolute Gasteiger partial charge is 0.257 e.